The molecule has 0 aliphatic carbocycles. The summed E-state index contributed by atoms with van der Waals surface area (Å²) in [7, 11) is 1.28. The van der Waals surface area contributed by atoms with Crippen LogP contribution in [0.15, 0.2) is 48.5 Å². The van der Waals surface area contributed by atoms with Gasteiger partial charge in [0.1, 0.15) is 5.75 Å². The monoisotopic (exact) mass is 348 g/mol. The molecule has 1 atom stereocenters. The molecule has 0 heterocycles. The zero-order valence-electron chi connectivity index (χ0n) is 13.2. The first-order chi connectivity index (χ1) is 11.5. The van der Waals surface area contributed by atoms with Gasteiger partial charge in [-0.25, -0.2) is 4.79 Å². The molecular weight excluding hydrogens is 332 g/mol. The zero-order valence-corrected chi connectivity index (χ0v) is 14.0. The van der Waals surface area contributed by atoms with Gasteiger partial charge in [-0.3, -0.25) is 10.1 Å². The molecule has 7 heteroatoms. The van der Waals surface area contributed by atoms with E-state index in [-0.39, 0.29) is 5.91 Å². The van der Waals surface area contributed by atoms with Crippen molar-refractivity contribution in [1.29, 1.82) is 0 Å². The summed E-state index contributed by atoms with van der Waals surface area (Å²) in [6.45, 7) is 1.63. The van der Waals surface area contributed by atoms with Crippen LogP contribution < -0.4 is 15.4 Å². The van der Waals surface area contributed by atoms with Gasteiger partial charge in [0, 0.05) is 11.4 Å². The summed E-state index contributed by atoms with van der Waals surface area (Å²) in [5.74, 6) is 0.128. The lowest BCUT2D eigenvalue weighted by molar-refractivity contribution is -0.122. The van der Waals surface area contributed by atoms with Crippen LogP contribution in [0.4, 0.5) is 16.2 Å². The Balaban J connectivity index is 1.94. The van der Waals surface area contributed by atoms with Gasteiger partial charge in [-0.15, -0.1) is 0 Å². The number of methoxy groups -OCH3 is 1. The Morgan fingerprint density at radius 2 is 1.58 bits per heavy atom. The van der Waals surface area contributed by atoms with Crippen molar-refractivity contribution in [3.05, 3.63) is 53.6 Å². The molecule has 0 fully saturated rings. The molecule has 6 nitrogen and oxygen atoms in total. The van der Waals surface area contributed by atoms with Crippen molar-refractivity contribution in [3.8, 4) is 5.75 Å². The van der Waals surface area contributed by atoms with Crippen molar-refractivity contribution in [2.24, 2.45) is 0 Å². The van der Waals surface area contributed by atoms with Gasteiger partial charge in [0.2, 0.25) is 0 Å². The first kappa shape index (κ1) is 17.6. The van der Waals surface area contributed by atoms with Gasteiger partial charge in [0.05, 0.1) is 12.1 Å². The third-order valence-electron chi connectivity index (χ3n) is 3.09. The Hall–Kier alpha value is -2.73. The summed E-state index contributed by atoms with van der Waals surface area (Å²) in [4.78, 5) is 23.3. The largest absolute Gasteiger partial charge is 0.479 e. The van der Waals surface area contributed by atoms with Gasteiger partial charge in [-0.05, 0) is 43.3 Å². The van der Waals surface area contributed by atoms with Crippen LogP contribution in [-0.2, 0) is 9.53 Å². The summed E-state index contributed by atoms with van der Waals surface area (Å²) < 4.78 is 10.1. The van der Waals surface area contributed by atoms with E-state index in [0.717, 1.165) is 0 Å². The number of rotatable bonds is 5. The van der Waals surface area contributed by atoms with E-state index >= 15 is 0 Å². The van der Waals surface area contributed by atoms with Crippen molar-refractivity contribution in [3.63, 3.8) is 0 Å². The summed E-state index contributed by atoms with van der Waals surface area (Å²) in [5.41, 5.74) is 1.13. The number of ether oxygens (including phenoxy) is 2. The SMILES string of the molecule is COC(=O)Nc1ccc(NC(=O)C(C)Oc2ccccc2Cl)cc1. The number of amides is 2. The fourth-order valence-electron chi connectivity index (χ4n) is 1.83. The summed E-state index contributed by atoms with van der Waals surface area (Å²) in [5, 5.41) is 5.69. The Kier molecular flexibility index (Phi) is 6.03. The maximum Gasteiger partial charge on any atom is 0.411 e. The Labute approximate surface area is 144 Å². The van der Waals surface area contributed by atoms with Crippen LogP contribution >= 0.6 is 11.6 Å². The van der Waals surface area contributed by atoms with Gasteiger partial charge >= 0.3 is 6.09 Å². The number of para-hydroxylation sites is 1. The third kappa shape index (κ3) is 4.89. The standard InChI is InChI=1S/C17H17ClN2O4/c1-11(24-15-6-4-3-5-14(15)18)16(21)19-12-7-9-13(10-8-12)20-17(22)23-2/h3-11H,1-2H3,(H,19,21)(H,20,22). The second kappa shape index (κ2) is 8.21. The van der Waals surface area contributed by atoms with Crippen molar-refractivity contribution < 1.29 is 19.1 Å². The number of carbonyl (C=O) groups excluding carboxylic acids is 2. The molecule has 0 saturated heterocycles. The van der Waals surface area contributed by atoms with Gasteiger partial charge in [-0.2, -0.15) is 0 Å². The minimum absolute atomic E-state index is 0.316. The van der Waals surface area contributed by atoms with Crippen LogP contribution in [0.1, 0.15) is 6.92 Å². The minimum Gasteiger partial charge on any atom is -0.479 e. The van der Waals surface area contributed by atoms with E-state index < -0.39 is 12.2 Å². The first-order valence-electron chi connectivity index (χ1n) is 7.16. The van der Waals surface area contributed by atoms with E-state index in [2.05, 4.69) is 15.4 Å². The molecule has 2 rings (SSSR count). The topological polar surface area (TPSA) is 76.7 Å². The molecule has 2 aromatic carbocycles. The third-order valence-corrected chi connectivity index (χ3v) is 3.41. The molecule has 0 aliphatic heterocycles. The number of hydrogen-bond donors (Lipinski definition) is 2. The van der Waals surface area contributed by atoms with E-state index in [1.165, 1.54) is 7.11 Å². The van der Waals surface area contributed by atoms with Crippen LogP contribution in [0.25, 0.3) is 0 Å². The Bertz CT molecular complexity index is 719. The summed E-state index contributed by atoms with van der Waals surface area (Å²) in [6.07, 6.45) is -1.29. The highest BCUT2D eigenvalue weighted by Gasteiger charge is 2.16. The molecule has 0 bridgehead atoms. The van der Waals surface area contributed by atoms with Crippen LogP contribution in [-0.4, -0.2) is 25.2 Å². The number of anilines is 2. The molecule has 24 heavy (non-hydrogen) atoms. The van der Waals surface area contributed by atoms with Gasteiger partial charge in [0.25, 0.3) is 5.91 Å². The average Bonchev–Trinajstić information content (AvgIpc) is 2.58. The first-order valence-corrected chi connectivity index (χ1v) is 7.54. The maximum atomic E-state index is 12.2. The second-order valence-electron chi connectivity index (χ2n) is 4.87. The number of hydrogen-bond acceptors (Lipinski definition) is 4. The summed E-state index contributed by atoms with van der Waals surface area (Å²) in [6, 6.07) is 13.5. The van der Waals surface area contributed by atoms with E-state index in [1.807, 2.05) is 0 Å². The predicted molar refractivity (Wildman–Crippen MR) is 92.6 cm³/mol. The Morgan fingerprint density at radius 3 is 2.17 bits per heavy atom. The molecule has 2 N–H and O–H groups in total. The van der Waals surface area contributed by atoms with E-state index in [1.54, 1.807) is 55.5 Å². The Morgan fingerprint density at radius 1 is 1.00 bits per heavy atom. The van der Waals surface area contributed by atoms with Crippen molar-refractivity contribution >= 4 is 35.0 Å². The highest BCUT2D eigenvalue weighted by molar-refractivity contribution is 6.32. The molecule has 126 valence electrons. The van der Waals surface area contributed by atoms with Gasteiger partial charge in [-0.1, -0.05) is 23.7 Å². The molecule has 2 aromatic rings. The van der Waals surface area contributed by atoms with Crippen molar-refractivity contribution in [1.82, 2.24) is 0 Å². The smallest absolute Gasteiger partial charge is 0.411 e. The maximum absolute atomic E-state index is 12.2. The molecular formula is C17H17ClN2O4. The minimum atomic E-state index is -0.724. The number of carbonyl (C=O) groups is 2. The lowest BCUT2D eigenvalue weighted by Crippen LogP contribution is -2.30. The normalized spacial score (nSPS) is 11.3. The average molecular weight is 349 g/mol. The molecule has 0 aliphatic rings. The second-order valence-corrected chi connectivity index (χ2v) is 5.28. The van der Waals surface area contributed by atoms with Crippen LogP contribution in [0.2, 0.25) is 5.02 Å². The molecule has 0 saturated carbocycles. The molecule has 1 unspecified atom stereocenters. The highest BCUT2D eigenvalue weighted by Crippen LogP contribution is 2.24. The van der Waals surface area contributed by atoms with E-state index in [4.69, 9.17) is 16.3 Å². The fourth-order valence-corrected chi connectivity index (χ4v) is 2.01. The quantitative estimate of drug-likeness (QED) is 0.858. The highest BCUT2D eigenvalue weighted by atomic mass is 35.5. The predicted octanol–water partition coefficient (Wildman–Crippen LogP) is 3.92. The lowest BCUT2D eigenvalue weighted by atomic mass is 10.2. The number of nitrogens with one attached hydrogen (secondary N) is 2. The van der Waals surface area contributed by atoms with E-state index in [9.17, 15) is 9.59 Å². The number of benzene rings is 2. The van der Waals surface area contributed by atoms with Crippen molar-refractivity contribution in [2.75, 3.05) is 17.7 Å². The lowest BCUT2D eigenvalue weighted by Gasteiger charge is -2.15. The van der Waals surface area contributed by atoms with Crippen LogP contribution in [0.3, 0.4) is 0 Å². The zero-order chi connectivity index (χ0) is 17.5. The molecule has 0 aromatic heterocycles. The molecule has 0 radical (unpaired) electrons. The van der Waals surface area contributed by atoms with E-state index in [0.29, 0.717) is 22.1 Å². The van der Waals surface area contributed by atoms with Gasteiger partial charge in [0.15, 0.2) is 6.10 Å². The fraction of sp³-hybridized carbons (Fsp3) is 0.176. The van der Waals surface area contributed by atoms with Crippen LogP contribution in [0, 0.1) is 0 Å². The van der Waals surface area contributed by atoms with Crippen LogP contribution in [0.5, 0.6) is 5.75 Å². The van der Waals surface area contributed by atoms with Crippen molar-refractivity contribution in [2.45, 2.75) is 13.0 Å². The molecule has 2 amide bonds. The molecule has 0 spiro atoms. The van der Waals surface area contributed by atoms with Gasteiger partial charge < -0.3 is 14.8 Å². The number of halogens is 1. The summed E-state index contributed by atoms with van der Waals surface area (Å²) >= 11 is 6.00.